The van der Waals surface area contributed by atoms with Crippen molar-refractivity contribution < 1.29 is 43.7 Å². The first-order chi connectivity index (χ1) is 17.7. The molecular weight excluding hydrogens is 486 g/mol. The van der Waals surface area contributed by atoms with Gasteiger partial charge in [-0.3, -0.25) is 24.0 Å². The monoisotopic (exact) mass is 517 g/mol. The van der Waals surface area contributed by atoms with E-state index in [0.29, 0.717) is 24.3 Å². The number of nitrogens with one attached hydrogen (secondary N) is 3. The molecule has 0 spiro atoms. The molecule has 0 bridgehead atoms. The third-order valence-electron chi connectivity index (χ3n) is 5.04. The van der Waals surface area contributed by atoms with E-state index in [2.05, 4.69) is 16.0 Å². The van der Waals surface area contributed by atoms with Crippen molar-refractivity contribution in [3.63, 3.8) is 0 Å². The summed E-state index contributed by atoms with van der Waals surface area (Å²) in [4.78, 5) is 56.4. The first-order valence-electron chi connectivity index (χ1n) is 11.7. The zero-order chi connectivity index (χ0) is 27.2. The fraction of sp³-hybridized carbons (Fsp3) is 0.400. The van der Waals surface area contributed by atoms with E-state index in [4.69, 9.17) is 19.7 Å². The highest BCUT2D eigenvalue weighted by molar-refractivity contribution is 5.93. The van der Waals surface area contributed by atoms with E-state index >= 15 is 0 Å². The Morgan fingerprint density at radius 1 is 0.838 bits per heavy atom. The first-order valence-corrected chi connectivity index (χ1v) is 11.7. The second kappa shape index (κ2) is 14.9. The minimum Gasteiger partial charge on any atom is -0.493 e. The van der Waals surface area contributed by atoms with Crippen LogP contribution in [0, 0.1) is 0 Å². The van der Waals surface area contributed by atoms with Gasteiger partial charge in [0.05, 0.1) is 19.6 Å². The molecule has 1 atom stereocenters. The Morgan fingerprint density at radius 2 is 1.43 bits per heavy atom. The Bertz CT molecular complexity index is 1100. The standard InChI is InChI=1S/C25H31N3O9/c1-16(29)28-19(14-23(31)32)25(35)26-11-5-13-37-21-9-3-6-17-18(21)7-2-8-20(17)36-12-4-10-22(30)27-15-24(33)34/h2-3,6-9,19H,4-5,10-15H2,1H3,(H,26,35)(H,27,30)(H,28,29)(H,31,32)(H,33,34)/t19-/m0/s1. The Balaban J connectivity index is 1.84. The van der Waals surface area contributed by atoms with Crippen molar-refractivity contribution >= 4 is 40.4 Å². The molecule has 5 N–H and O–H groups in total. The molecule has 0 aliphatic carbocycles. The summed E-state index contributed by atoms with van der Waals surface area (Å²) < 4.78 is 11.7. The van der Waals surface area contributed by atoms with Gasteiger partial charge in [-0.1, -0.05) is 24.3 Å². The van der Waals surface area contributed by atoms with E-state index in [1.54, 1.807) is 12.1 Å². The number of hydrogen-bond donors (Lipinski definition) is 5. The minimum atomic E-state index is -1.20. The van der Waals surface area contributed by atoms with Gasteiger partial charge >= 0.3 is 11.9 Å². The van der Waals surface area contributed by atoms with Crippen molar-refractivity contribution in [2.75, 3.05) is 26.3 Å². The summed E-state index contributed by atoms with van der Waals surface area (Å²) in [5, 5.41) is 26.3. The molecule has 0 saturated heterocycles. The van der Waals surface area contributed by atoms with Crippen molar-refractivity contribution in [3.05, 3.63) is 36.4 Å². The normalized spacial score (nSPS) is 11.3. The number of amides is 3. The smallest absolute Gasteiger partial charge is 0.322 e. The summed E-state index contributed by atoms with van der Waals surface area (Å²) in [6.07, 6.45) is 0.492. The topological polar surface area (TPSA) is 180 Å². The molecule has 0 heterocycles. The Kier molecular flexibility index (Phi) is 11.6. The summed E-state index contributed by atoms with van der Waals surface area (Å²) >= 11 is 0. The maximum atomic E-state index is 12.2. The minimum absolute atomic E-state index is 0.144. The lowest BCUT2D eigenvalue weighted by molar-refractivity contribution is -0.140. The molecule has 200 valence electrons. The average Bonchev–Trinajstić information content (AvgIpc) is 2.84. The number of benzene rings is 2. The highest BCUT2D eigenvalue weighted by Crippen LogP contribution is 2.32. The summed E-state index contributed by atoms with van der Waals surface area (Å²) in [5.41, 5.74) is 0. The summed E-state index contributed by atoms with van der Waals surface area (Å²) in [7, 11) is 0. The largest absolute Gasteiger partial charge is 0.493 e. The van der Waals surface area contributed by atoms with Crippen LogP contribution in [0.4, 0.5) is 0 Å². The molecule has 0 aliphatic heterocycles. The molecule has 0 fully saturated rings. The zero-order valence-corrected chi connectivity index (χ0v) is 20.5. The number of ether oxygens (including phenoxy) is 2. The predicted molar refractivity (Wildman–Crippen MR) is 132 cm³/mol. The van der Waals surface area contributed by atoms with E-state index in [1.807, 2.05) is 24.3 Å². The molecule has 37 heavy (non-hydrogen) atoms. The van der Waals surface area contributed by atoms with Gasteiger partial charge in [0.15, 0.2) is 0 Å². The van der Waals surface area contributed by atoms with Gasteiger partial charge in [-0.2, -0.15) is 0 Å². The lowest BCUT2D eigenvalue weighted by Crippen LogP contribution is -2.47. The molecule has 2 aromatic carbocycles. The Hall–Kier alpha value is -4.35. The van der Waals surface area contributed by atoms with Crippen molar-refractivity contribution in [1.29, 1.82) is 0 Å². The van der Waals surface area contributed by atoms with Crippen LogP contribution in [0.5, 0.6) is 11.5 Å². The summed E-state index contributed by atoms with van der Waals surface area (Å²) in [6.45, 7) is 1.57. The predicted octanol–water partition coefficient (Wildman–Crippen LogP) is 1.06. The average molecular weight is 518 g/mol. The quantitative estimate of drug-likeness (QED) is 0.203. The molecule has 2 aromatic rings. The van der Waals surface area contributed by atoms with E-state index in [-0.39, 0.29) is 32.1 Å². The summed E-state index contributed by atoms with van der Waals surface area (Å²) in [5.74, 6) is -2.50. The van der Waals surface area contributed by atoms with Crippen LogP contribution in [0.3, 0.4) is 0 Å². The van der Waals surface area contributed by atoms with Crippen molar-refractivity contribution in [3.8, 4) is 11.5 Å². The number of carbonyl (C=O) groups excluding carboxylic acids is 3. The maximum absolute atomic E-state index is 12.2. The molecule has 0 unspecified atom stereocenters. The van der Waals surface area contributed by atoms with Gasteiger partial charge in [-0.05, 0) is 25.0 Å². The molecule has 2 rings (SSSR count). The third kappa shape index (κ3) is 10.4. The van der Waals surface area contributed by atoms with Gasteiger partial charge in [0.2, 0.25) is 17.7 Å². The maximum Gasteiger partial charge on any atom is 0.322 e. The number of hydrogen-bond acceptors (Lipinski definition) is 7. The van der Waals surface area contributed by atoms with E-state index < -0.39 is 42.8 Å². The van der Waals surface area contributed by atoms with Crippen LogP contribution in [0.15, 0.2) is 36.4 Å². The molecule has 12 nitrogen and oxygen atoms in total. The van der Waals surface area contributed by atoms with Crippen molar-refractivity contribution in [2.24, 2.45) is 0 Å². The van der Waals surface area contributed by atoms with Crippen molar-refractivity contribution in [1.82, 2.24) is 16.0 Å². The molecule has 3 amide bonds. The number of carboxylic acids is 2. The van der Waals surface area contributed by atoms with Crippen LogP contribution in [0.25, 0.3) is 10.8 Å². The van der Waals surface area contributed by atoms with E-state index in [9.17, 15) is 24.0 Å². The van der Waals surface area contributed by atoms with Gasteiger partial charge in [0.25, 0.3) is 0 Å². The molecule has 12 heteroatoms. The van der Waals surface area contributed by atoms with Crippen LogP contribution in [-0.4, -0.2) is 72.2 Å². The third-order valence-corrected chi connectivity index (χ3v) is 5.04. The van der Waals surface area contributed by atoms with Gasteiger partial charge in [-0.25, -0.2) is 0 Å². The number of aliphatic carboxylic acids is 2. The molecule has 0 aromatic heterocycles. The van der Waals surface area contributed by atoms with Gasteiger partial charge in [-0.15, -0.1) is 0 Å². The first kappa shape index (κ1) is 28.9. The lowest BCUT2D eigenvalue weighted by Gasteiger charge is -2.16. The number of rotatable bonds is 16. The molecule has 0 aliphatic rings. The molecule has 0 radical (unpaired) electrons. The molecular formula is C25H31N3O9. The molecule has 0 saturated carbocycles. The number of carboxylic acid groups (broad SMARTS) is 2. The Morgan fingerprint density at radius 3 is 1.97 bits per heavy atom. The summed E-state index contributed by atoms with van der Waals surface area (Å²) in [6, 6.07) is 9.84. The highest BCUT2D eigenvalue weighted by Gasteiger charge is 2.22. The van der Waals surface area contributed by atoms with Crippen LogP contribution in [-0.2, 0) is 24.0 Å². The van der Waals surface area contributed by atoms with Crippen LogP contribution in [0.2, 0.25) is 0 Å². The second-order valence-electron chi connectivity index (χ2n) is 8.07. The fourth-order valence-electron chi connectivity index (χ4n) is 3.40. The van der Waals surface area contributed by atoms with Crippen LogP contribution >= 0.6 is 0 Å². The zero-order valence-electron chi connectivity index (χ0n) is 20.5. The van der Waals surface area contributed by atoms with E-state index in [0.717, 1.165) is 10.8 Å². The Labute approximate surface area is 213 Å². The number of carbonyl (C=O) groups is 5. The highest BCUT2D eigenvalue weighted by atomic mass is 16.5. The van der Waals surface area contributed by atoms with Crippen molar-refractivity contribution in [2.45, 2.75) is 38.6 Å². The van der Waals surface area contributed by atoms with Gasteiger partial charge in [0.1, 0.15) is 24.1 Å². The fourth-order valence-corrected chi connectivity index (χ4v) is 3.40. The van der Waals surface area contributed by atoms with Crippen LogP contribution < -0.4 is 25.4 Å². The number of fused-ring (bicyclic) bond motifs is 1. The lowest BCUT2D eigenvalue weighted by atomic mass is 10.1. The van der Waals surface area contributed by atoms with Gasteiger partial charge < -0.3 is 35.6 Å². The van der Waals surface area contributed by atoms with E-state index in [1.165, 1.54) is 6.92 Å². The van der Waals surface area contributed by atoms with Crippen LogP contribution in [0.1, 0.15) is 32.6 Å². The van der Waals surface area contributed by atoms with Gasteiger partial charge in [0, 0.05) is 30.7 Å². The second-order valence-corrected chi connectivity index (χ2v) is 8.07. The SMILES string of the molecule is CC(=O)N[C@@H](CC(=O)O)C(=O)NCCCOc1cccc2c(OCCCC(=O)NCC(=O)O)cccc12.